The van der Waals surface area contributed by atoms with Crippen LogP contribution in [0, 0.1) is 0 Å². The second-order valence-corrected chi connectivity index (χ2v) is 6.81. The summed E-state index contributed by atoms with van der Waals surface area (Å²) in [7, 11) is 0. The number of thioether (sulfide) groups is 1. The smallest absolute Gasteiger partial charge is 0.233 e. The molecular formula is C11H21N5OS. The van der Waals surface area contributed by atoms with Crippen molar-refractivity contribution < 1.29 is 4.79 Å². The van der Waals surface area contributed by atoms with Crippen LogP contribution in [-0.4, -0.2) is 36.9 Å². The van der Waals surface area contributed by atoms with Gasteiger partial charge in [0.25, 0.3) is 0 Å². The molecule has 1 atom stereocenters. The van der Waals surface area contributed by atoms with Gasteiger partial charge in [-0.05, 0) is 52.0 Å². The standard InChI is InChI=1S/C11H21N5OS/c1-7(2)16-10(13-14-15-16)18-8(3)9(17)12-11(4,5)6/h7-8H,1-6H3,(H,12,17). The van der Waals surface area contributed by atoms with Gasteiger partial charge in [0.05, 0.1) is 11.3 Å². The van der Waals surface area contributed by atoms with E-state index in [1.165, 1.54) is 11.8 Å². The highest BCUT2D eigenvalue weighted by atomic mass is 32.2. The van der Waals surface area contributed by atoms with Crippen LogP contribution < -0.4 is 5.32 Å². The largest absolute Gasteiger partial charge is 0.351 e. The Kier molecular flexibility index (Phi) is 4.72. The second-order valence-electron chi connectivity index (χ2n) is 5.50. The number of hydrogen-bond acceptors (Lipinski definition) is 5. The first-order valence-electron chi connectivity index (χ1n) is 5.97. The zero-order valence-corrected chi connectivity index (χ0v) is 12.6. The number of rotatable bonds is 4. The molecule has 1 N–H and O–H groups in total. The summed E-state index contributed by atoms with van der Waals surface area (Å²) in [5, 5.41) is 14.9. The summed E-state index contributed by atoms with van der Waals surface area (Å²) in [5.41, 5.74) is -0.226. The van der Waals surface area contributed by atoms with E-state index in [1.54, 1.807) is 4.68 Å². The van der Waals surface area contributed by atoms with Gasteiger partial charge in [-0.3, -0.25) is 4.79 Å². The fourth-order valence-electron chi connectivity index (χ4n) is 1.27. The Balaban J connectivity index is 2.67. The predicted molar refractivity (Wildman–Crippen MR) is 71.4 cm³/mol. The van der Waals surface area contributed by atoms with E-state index in [1.807, 2.05) is 41.5 Å². The van der Waals surface area contributed by atoms with Crippen molar-refractivity contribution in [1.82, 2.24) is 25.5 Å². The van der Waals surface area contributed by atoms with Crippen molar-refractivity contribution in [2.24, 2.45) is 0 Å². The van der Waals surface area contributed by atoms with Crippen molar-refractivity contribution in [2.45, 2.75) is 63.5 Å². The van der Waals surface area contributed by atoms with Gasteiger partial charge in [-0.1, -0.05) is 11.8 Å². The average molecular weight is 271 g/mol. The van der Waals surface area contributed by atoms with E-state index in [9.17, 15) is 4.79 Å². The van der Waals surface area contributed by atoms with Crippen LogP contribution in [0.15, 0.2) is 5.16 Å². The Hall–Kier alpha value is -1.11. The minimum Gasteiger partial charge on any atom is -0.351 e. The summed E-state index contributed by atoms with van der Waals surface area (Å²) < 4.78 is 1.71. The quantitative estimate of drug-likeness (QED) is 0.843. The maximum Gasteiger partial charge on any atom is 0.233 e. The maximum absolute atomic E-state index is 12.0. The number of carbonyl (C=O) groups is 1. The van der Waals surface area contributed by atoms with Crippen molar-refractivity contribution in [2.75, 3.05) is 0 Å². The Morgan fingerprint density at radius 1 is 1.33 bits per heavy atom. The van der Waals surface area contributed by atoms with Crippen LogP contribution in [-0.2, 0) is 4.79 Å². The molecule has 0 saturated heterocycles. The van der Waals surface area contributed by atoms with Gasteiger partial charge in [-0.25, -0.2) is 4.68 Å². The first-order valence-corrected chi connectivity index (χ1v) is 6.85. The van der Waals surface area contributed by atoms with Gasteiger partial charge in [0.1, 0.15) is 0 Å². The molecule has 1 amide bonds. The van der Waals surface area contributed by atoms with Gasteiger partial charge in [-0.15, -0.1) is 5.10 Å². The number of amides is 1. The van der Waals surface area contributed by atoms with E-state index in [0.717, 1.165) is 0 Å². The lowest BCUT2D eigenvalue weighted by molar-refractivity contribution is -0.121. The Morgan fingerprint density at radius 2 is 1.94 bits per heavy atom. The van der Waals surface area contributed by atoms with Gasteiger partial charge in [0, 0.05) is 5.54 Å². The van der Waals surface area contributed by atoms with Crippen LogP contribution in [0.1, 0.15) is 47.6 Å². The van der Waals surface area contributed by atoms with Crippen LogP contribution in [0.25, 0.3) is 0 Å². The molecule has 1 heterocycles. The van der Waals surface area contributed by atoms with Crippen molar-refractivity contribution in [3.8, 4) is 0 Å². The Labute approximate surface area is 112 Å². The van der Waals surface area contributed by atoms with E-state index < -0.39 is 0 Å². The molecule has 0 aliphatic carbocycles. The summed E-state index contributed by atoms with van der Waals surface area (Å²) in [4.78, 5) is 12.0. The van der Waals surface area contributed by atoms with Crippen molar-refractivity contribution in [1.29, 1.82) is 0 Å². The number of aromatic nitrogens is 4. The van der Waals surface area contributed by atoms with Crippen LogP contribution in [0.3, 0.4) is 0 Å². The lowest BCUT2D eigenvalue weighted by Gasteiger charge is -2.22. The summed E-state index contributed by atoms with van der Waals surface area (Å²) in [6.45, 7) is 11.7. The number of hydrogen-bond donors (Lipinski definition) is 1. The van der Waals surface area contributed by atoms with Crippen molar-refractivity contribution in [3.05, 3.63) is 0 Å². The third kappa shape index (κ3) is 4.29. The molecule has 1 aromatic rings. The normalized spacial score (nSPS) is 13.7. The molecule has 0 bridgehead atoms. The van der Waals surface area contributed by atoms with Crippen LogP contribution in [0.4, 0.5) is 0 Å². The summed E-state index contributed by atoms with van der Waals surface area (Å²) in [5.74, 6) is -0.00851. The van der Waals surface area contributed by atoms with Crippen molar-refractivity contribution in [3.63, 3.8) is 0 Å². The van der Waals surface area contributed by atoms with Gasteiger partial charge in [0.2, 0.25) is 11.1 Å². The molecule has 7 heteroatoms. The fraction of sp³-hybridized carbons (Fsp3) is 0.818. The minimum absolute atomic E-state index is 0.00851. The summed E-state index contributed by atoms with van der Waals surface area (Å²) in [6, 6.07) is 0.181. The fourth-order valence-corrected chi connectivity index (χ4v) is 2.19. The highest BCUT2D eigenvalue weighted by Crippen LogP contribution is 2.22. The average Bonchev–Trinajstić information content (AvgIpc) is 2.62. The first kappa shape index (κ1) is 14.9. The minimum atomic E-state index is -0.229. The molecule has 0 aromatic carbocycles. The predicted octanol–water partition coefficient (Wildman–Crippen LogP) is 1.65. The number of tetrazole rings is 1. The number of nitrogens with zero attached hydrogens (tertiary/aromatic N) is 4. The summed E-state index contributed by atoms with van der Waals surface area (Å²) >= 11 is 1.37. The molecular weight excluding hydrogens is 250 g/mol. The monoisotopic (exact) mass is 271 g/mol. The Morgan fingerprint density at radius 3 is 2.44 bits per heavy atom. The molecule has 0 radical (unpaired) electrons. The molecule has 1 rings (SSSR count). The van der Waals surface area contributed by atoms with Crippen LogP contribution in [0.5, 0.6) is 0 Å². The molecule has 0 spiro atoms. The van der Waals surface area contributed by atoms with Gasteiger partial charge >= 0.3 is 0 Å². The number of nitrogens with one attached hydrogen (secondary N) is 1. The molecule has 0 aliphatic rings. The molecule has 102 valence electrons. The Bertz CT molecular complexity index is 410. The molecule has 6 nitrogen and oxygen atoms in total. The number of carbonyl (C=O) groups excluding carboxylic acids is 1. The maximum atomic E-state index is 12.0. The first-order chi connectivity index (χ1) is 8.20. The molecule has 18 heavy (non-hydrogen) atoms. The van der Waals surface area contributed by atoms with Crippen LogP contribution in [0.2, 0.25) is 0 Å². The zero-order chi connectivity index (χ0) is 13.9. The van der Waals surface area contributed by atoms with E-state index >= 15 is 0 Å². The van der Waals surface area contributed by atoms with Crippen LogP contribution >= 0.6 is 11.8 Å². The molecule has 1 aromatic heterocycles. The molecule has 1 unspecified atom stereocenters. The second kappa shape index (κ2) is 5.69. The highest BCUT2D eigenvalue weighted by Gasteiger charge is 2.22. The molecule has 0 fully saturated rings. The van der Waals surface area contributed by atoms with Gasteiger partial charge < -0.3 is 5.32 Å². The summed E-state index contributed by atoms with van der Waals surface area (Å²) in [6.07, 6.45) is 0. The topological polar surface area (TPSA) is 72.7 Å². The van der Waals surface area contributed by atoms with E-state index in [4.69, 9.17) is 0 Å². The lowest BCUT2D eigenvalue weighted by Crippen LogP contribution is -2.44. The van der Waals surface area contributed by atoms with E-state index in [2.05, 4.69) is 20.8 Å². The van der Waals surface area contributed by atoms with Crippen molar-refractivity contribution >= 4 is 17.7 Å². The molecule has 0 saturated carbocycles. The third-order valence-corrected chi connectivity index (χ3v) is 3.15. The third-order valence-electron chi connectivity index (χ3n) is 2.10. The lowest BCUT2D eigenvalue weighted by atomic mass is 10.1. The molecule has 0 aliphatic heterocycles. The van der Waals surface area contributed by atoms with Gasteiger partial charge in [-0.2, -0.15) is 0 Å². The van der Waals surface area contributed by atoms with E-state index in [-0.39, 0.29) is 22.7 Å². The SMILES string of the molecule is CC(Sc1nnnn1C(C)C)C(=O)NC(C)(C)C. The highest BCUT2D eigenvalue weighted by molar-refractivity contribution is 8.00. The zero-order valence-electron chi connectivity index (χ0n) is 11.8. The van der Waals surface area contributed by atoms with E-state index in [0.29, 0.717) is 5.16 Å². The van der Waals surface area contributed by atoms with Gasteiger partial charge in [0.15, 0.2) is 0 Å².